The van der Waals surface area contributed by atoms with E-state index in [2.05, 4.69) is 6.92 Å². The largest absolute Gasteiger partial charge is 0.481 e. The highest BCUT2D eigenvalue weighted by Crippen LogP contribution is 2.15. The highest BCUT2D eigenvalue weighted by Gasteiger charge is 2.27. The van der Waals surface area contributed by atoms with E-state index in [1.165, 1.54) is 83.5 Å². The number of carboxylic acid groups (broad SMARTS) is 1. The van der Waals surface area contributed by atoms with Crippen molar-refractivity contribution in [3.8, 4) is 0 Å². The van der Waals surface area contributed by atoms with Gasteiger partial charge in [-0.1, -0.05) is 110 Å². The zero-order valence-electron chi connectivity index (χ0n) is 22.2. The Morgan fingerprint density at radius 1 is 0.727 bits per heavy atom. The van der Waals surface area contributed by atoms with Crippen LogP contribution in [0.5, 0.6) is 0 Å². The van der Waals surface area contributed by atoms with Crippen LogP contribution in [0.3, 0.4) is 0 Å². The minimum atomic E-state index is -1.17. The highest BCUT2D eigenvalue weighted by molar-refractivity contribution is 5.75. The number of esters is 1. The molecule has 0 amide bonds. The van der Waals surface area contributed by atoms with Gasteiger partial charge in [0.05, 0.1) is 27.6 Å². The van der Waals surface area contributed by atoms with E-state index in [0.29, 0.717) is 17.4 Å². The van der Waals surface area contributed by atoms with E-state index in [9.17, 15) is 14.7 Å². The number of rotatable bonds is 23. The second-order valence-electron chi connectivity index (χ2n) is 10.7. The number of hydrogen-bond donors (Lipinski definition) is 2. The standard InChI is InChI=1S/C27H53NO5/c1-5-6-7-8-9-10-11-12-13-14-15-16-17-18-19-20-21-25(29)27(32)33-24(22-26(30)31)23-28(2,3)4/h24-25,29H,5-23H2,1-4H3/p+1. The van der Waals surface area contributed by atoms with Crippen molar-refractivity contribution in [2.45, 2.75) is 135 Å². The Bertz CT molecular complexity index is 489. The maximum absolute atomic E-state index is 12.1. The molecule has 0 fully saturated rings. The summed E-state index contributed by atoms with van der Waals surface area (Å²) in [5.74, 6) is -1.70. The first-order valence-corrected chi connectivity index (χ1v) is 13.6. The maximum Gasteiger partial charge on any atom is 0.335 e. The Kier molecular flexibility index (Phi) is 19.6. The van der Waals surface area contributed by atoms with E-state index in [-0.39, 0.29) is 6.42 Å². The molecule has 196 valence electrons. The fraction of sp³-hybridized carbons (Fsp3) is 0.926. The first kappa shape index (κ1) is 31.9. The van der Waals surface area contributed by atoms with E-state index in [4.69, 9.17) is 9.84 Å². The lowest BCUT2D eigenvalue weighted by molar-refractivity contribution is -0.873. The molecule has 0 aromatic rings. The Morgan fingerprint density at radius 3 is 1.48 bits per heavy atom. The number of carboxylic acids is 1. The number of carbonyl (C=O) groups is 2. The molecule has 0 bridgehead atoms. The summed E-state index contributed by atoms with van der Waals surface area (Å²) >= 11 is 0. The molecular weight excluding hydrogens is 418 g/mol. The molecule has 0 spiro atoms. The Labute approximate surface area is 203 Å². The maximum atomic E-state index is 12.1. The van der Waals surface area contributed by atoms with Crippen molar-refractivity contribution in [1.29, 1.82) is 0 Å². The van der Waals surface area contributed by atoms with Gasteiger partial charge in [-0.15, -0.1) is 0 Å². The fourth-order valence-electron chi connectivity index (χ4n) is 4.20. The van der Waals surface area contributed by atoms with Crippen molar-refractivity contribution in [2.24, 2.45) is 0 Å². The van der Waals surface area contributed by atoms with Crippen molar-refractivity contribution < 1.29 is 29.0 Å². The first-order valence-electron chi connectivity index (χ1n) is 13.6. The molecule has 0 radical (unpaired) electrons. The van der Waals surface area contributed by atoms with Crippen molar-refractivity contribution in [3.63, 3.8) is 0 Å². The molecule has 0 saturated heterocycles. The van der Waals surface area contributed by atoms with Gasteiger partial charge in [-0.05, 0) is 6.42 Å². The number of aliphatic hydroxyl groups excluding tert-OH is 1. The SMILES string of the molecule is CCCCCCCCCCCCCCCCCCC(O)C(=O)OC(CC(=O)O)C[N+](C)(C)C. The number of ether oxygens (including phenoxy) is 1. The summed E-state index contributed by atoms with van der Waals surface area (Å²) in [7, 11) is 5.74. The monoisotopic (exact) mass is 472 g/mol. The molecule has 0 aliphatic carbocycles. The molecule has 0 aromatic carbocycles. The summed E-state index contributed by atoms with van der Waals surface area (Å²) < 4.78 is 5.78. The zero-order valence-corrected chi connectivity index (χ0v) is 22.2. The minimum absolute atomic E-state index is 0.243. The Balaban J connectivity index is 3.66. The molecule has 6 nitrogen and oxygen atoms in total. The summed E-state index contributed by atoms with van der Waals surface area (Å²) in [4.78, 5) is 23.2. The molecule has 6 heteroatoms. The average molecular weight is 473 g/mol. The third-order valence-corrected chi connectivity index (χ3v) is 6.04. The summed E-state index contributed by atoms with van der Waals surface area (Å²) in [5.41, 5.74) is 0. The lowest BCUT2D eigenvalue weighted by atomic mass is 10.0. The number of likely N-dealkylation sites (N-methyl/N-ethyl adjacent to an activating group) is 1. The van der Waals surface area contributed by atoms with Crippen LogP contribution in [-0.4, -0.2) is 66.5 Å². The third kappa shape index (κ3) is 22.4. The third-order valence-electron chi connectivity index (χ3n) is 6.04. The second-order valence-corrected chi connectivity index (χ2v) is 10.7. The lowest BCUT2D eigenvalue weighted by Gasteiger charge is -2.28. The van der Waals surface area contributed by atoms with Gasteiger partial charge < -0.3 is 19.4 Å². The number of aliphatic carboxylic acids is 1. The van der Waals surface area contributed by atoms with Crippen LogP contribution in [0.4, 0.5) is 0 Å². The Hall–Kier alpha value is -1.14. The number of unbranched alkanes of at least 4 members (excludes halogenated alkanes) is 15. The molecule has 0 aliphatic rings. The molecule has 2 atom stereocenters. The van der Waals surface area contributed by atoms with Crippen LogP contribution in [0.1, 0.15) is 122 Å². The molecular formula is C27H54NO5+. The van der Waals surface area contributed by atoms with Gasteiger partial charge in [0.1, 0.15) is 6.54 Å². The normalized spacial score (nSPS) is 13.6. The van der Waals surface area contributed by atoms with Crippen LogP contribution in [0.2, 0.25) is 0 Å². The molecule has 2 N–H and O–H groups in total. The molecule has 0 heterocycles. The quantitative estimate of drug-likeness (QED) is 0.107. The topological polar surface area (TPSA) is 83.8 Å². The first-order chi connectivity index (χ1) is 15.7. The number of aliphatic hydroxyl groups is 1. The van der Waals surface area contributed by atoms with Gasteiger partial charge >= 0.3 is 11.9 Å². The summed E-state index contributed by atoms with van der Waals surface area (Å²) in [6.07, 6.45) is 18.7. The smallest absolute Gasteiger partial charge is 0.335 e. The molecule has 0 aliphatic heterocycles. The number of quaternary nitrogens is 1. The van der Waals surface area contributed by atoms with E-state index >= 15 is 0 Å². The van der Waals surface area contributed by atoms with Crippen LogP contribution < -0.4 is 0 Å². The van der Waals surface area contributed by atoms with E-state index in [1.54, 1.807) is 0 Å². The predicted molar refractivity (Wildman–Crippen MR) is 135 cm³/mol. The summed E-state index contributed by atoms with van der Waals surface area (Å²) in [6.45, 7) is 2.66. The number of nitrogens with zero attached hydrogens (tertiary/aromatic N) is 1. The van der Waals surface area contributed by atoms with E-state index in [0.717, 1.165) is 19.3 Å². The van der Waals surface area contributed by atoms with Crippen molar-refractivity contribution in [1.82, 2.24) is 0 Å². The minimum Gasteiger partial charge on any atom is -0.481 e. The van der Waals surface area contributed by atoms with E-state index in [1.807, 2.05) is 21.1 Å². The molecule has 33 heavy (non-hydrogen) atoms. The van der Waals surface area contributed by atoms with Crippen molar-refractivity contribution in [2.75, 3.05) is 27.7 Å². The van der Waals surface area contributed by atoms with Crippen LogP contribution >= 0.6 is 0 Å². The second kappa shape index (κ2) is 20.3. The van der Waals surface area contributed by atoms with Gasteiger partial charge in [0.15, 0.2) is 12.2 Å². The van der Waals surface area contributed by atoms with Crippen molar-refractivity contribution >= 4 is 11.9 Å². The van der Waals surface area contributed by atoms with Gasteiger partial charge in [0.25, 0.3) is 0 Å². The lowest BCUT2D eigenvalue weighted by Crippen LogP contribution is -2.44. The highest BCUT2D eigenvalue weighted by atomic mass is 16.6. The van der Waals surface area contributed by atoms with Crippen LogP contribution in [0, 0.1) is 0 Å². The summed E-state index contributed by atoms with van der Waals surface area (Å²) in [6, 6.07) is 0. The number of carbonyl (C=O) groups excluding carboxylic acids is 1. The van der Waals surface area contributed by atoms with Crippen LogP contribution in [0.25, 0.3) is 0 Å². The van der Waals surface area contributed by atoms with Crippen LogP contribution in [0.15, 0.2) is 0 Å². The molecule has 0 aromatic heterocycles. The Morgan fingerprint density at radius 2 is 1.12 bits per heavy atom. The van der Waals surface area contributed by atoms with E-state index < -0.39 is 24.1 Å². The average Bonchev–Trinajstić information content (AvgIpc) is 2.71. The van der Waals surface area contributed by atoms with Crippen LogP contribution in [-0.2, 0) is 14.3 Å². The molecule has 0 saturated carbocycles. The van der Waals surface area contributed by atoms with Gasteiger partial charge in [-0.25, -0.2) is 4.79 Å². The predicted octanol–water partition coefficient (Wildman–Crippen LogP) is 6.09. The molecule has 2 unspecified atom stereocenters. The van der Waals surface area contributed by atoms with Gasteiger partial charge in [0, 0.05) is 0 Å². The van der Waals surface area contributed by atoms with Gasteiger partial charge in [0.2, 0.25) is 0 Å². The van der Waals surface area contributed by atoms with Gasteiger partial charge in [-0.2, -0.15) is 0 Å². The fourth-order valence-corrected chi connectivity index (χ4v) is 4.20. The number of hydrogen-bond acceptors (Lipinski definition) is 4. The zero-order chi connectivity index (χ0) is 25.0. The van der Waals surface area contributed by atoms with Gasteiger partial charge in [-0.3, -0.25) is 4.79 Å². The molecule has 0 rings (SSSR count). The summed E-state index contributed by atoms with van der Waals surface area (Å²) in [5, 5.41) is 19.1. The van der Waals surface area contributed by atoms with Crippen molar-refractivity contribution in [3.05, 3.63) is 0 Å².